The molecule has 0 fully saturated rings. The molecule has 0 saturated heterocycles. The molecule has 0 aliphatic heterocycles. The lowest BCUT2D eigenvalue weighted by molar-refractivity contribution is -0.140. The van der Waals surface area contributed by atoms with Crippen LogP contribution < -0.4 is 14.4 Å². The molecule has 0 saturated carbocycles. The van der Waals surface area contributed by atoms with Crippen LogP contribution in [0.25, 0.3) is 0 Å². The Morgan fingerprint density at radius 2 is 1.42 bits per heavy atom. The molecular weight excluding hydrogens is 633 g/mol. The molecule has 0 aromatic heterocycles. The van der Waals surface area contributed by atoms with Crippen LogP contribution in [-0.2, 0) is 32.6 Å². The molecule has 8 nitrogen and oxygen atoms in total. The first-order valence-electron chi connectivity index (χ1n) is 14.5. The molecular formula is C34H35Cl2N3O5S. The first-order valence-corrected chi connectivity index (χ1v) is 16.7. The fourth-order valence-electron chi connectivity index (χ4n) is 4.82. The van der Waals surface area contributed by atoms with E-state index in [0.717, 1.165) is 9.87 Å². The van der Waals surface area contributed by atoms with Crippen LogP contribution in [0, 0.1) is 0 Å². The zero-order chi connectivity index (χ0) is 32.4. The van der Waals surface area contributed by atoms with Gasteiger partial charge < -0.3 is 15.0 Å². The van der Waals surface area contributed by atoms with Gasteiger partial charge in [-0.05, 0) is 67.9 Å². The van der Waals surface area contributed by atoms with Gasteiger partial charge in [0.15, 0.2) is 0 Å². The lowest BCUT2D eigenvalue weighted by Crippen LogP contribution is -2.53. The van der Waals surface area contributed by atoms with E-state index < -0.39 is 34.4 Å². The molecule has 2 amide bonds. The minimum atomic E-state index is -4.22. The van der Waals surface area contributed by atoms with Crippen LogP contribution in [0.1, 0.15) is 25.0 Å². The first-order chi connectivity index (χ1) is 21.6. The number of carbonyl (C=O) groups excluding carboxylic acids is 2. The number of amides is 2. The zero-order valence-corrected chi connectivity index (χ0v) is 27.4. The van der Waals surface area contributed by atoms with Crippen molar-refractivity contribution >= 4 is 50.7 Å². The van der Waals surface area contributed by atoms with Crippen molar-refractivity contribution in [3.63, 3.8) is 0 Å². The van der Waals surface area contributed by atoms with Gasteiger partial charge in [-0.2, -0.15) is 0 Å². The molecule has 11 heteroatoms. The smallest absolute Gasteiger partial charge is 0.264 e. The molecule has 4 aromatic rings. The largest absolute Gasteiger partial charge is 0.494 e. The third-order valence-electron chi connectivity index (χ3n) is 7.06. The average molecular weight is 669 g/mol. The van der Waals surface area contributed by atoms with Crippen LogP contribution in [0.2, 0.25) is 10.0 Å². The minimum absolute atomic E-state index is 0.0111. The van der Waals surface area contributed by atoms with Crippen molar-refractivity contribution in [1.82, 2.24) is 10.2 Å². The number of anilines is 1. The predicted molar refractivity (Wildman–Crippen MR) is 178 cm³/mol. The van der Waals surface area contributed by atoms with Crippen molar-refractivity contribution in [1.29, 1.82) is 0 Å². The summed E-state index contributed by atoms with van der Waals surface area (Å²) in [5.74, 6) is -0.457. The summed E-state index contributed by atoms with van der Waals surface area (Å²) in [6.45, 7) is 3.67. The number of hydrogen-bond acceptors (Lipinski definition) is 5. The standard InChI is InChI=1S/C34H35Cl2N3O5S/c1-3-37-34(41)32(22-25-12-7-5-8-13-25)38(23-29-30(35)16-11-17-31(29)36)33(40)24-39(26-18-20-27(21-19-26)44-4-2)45(42,43)28-14-9-6-10-15-28/h5-21,32H,3-4,22-24H2,1-2H3,(H,37,41)/t32-/m0/s1. The highest BCUT2D eigenvalue weighted by molar-refractivity contribution is 7.92. The van der Waals surface area contributed by atoms with E-state index >= 15 is 0 Å². The fourth-order valence-corrected chi connectivity index (χ4v) is 6.78. The molecule has 0 radical (unpaired) electrons. The van der Waals surface area contributed by atoms with E-state index in [1.807, 2.05) is 37.3 Å². The molecule has 0 bridgehead atoms. The number of carbonyl (C=O) groups is 2. The average Bonchev–Trinajstić information content (AvgIpc) is 3.04. The summed E-state index contributed by atoms with van der Waals surface area (Å²) in [4.78, 5) is 29.4. The molecule has 1 atom stereocenters. The summed E-state index contributed by atoms with van der Waals surface area (Å²) in [6, 6.07) is 27.6. The molecule has 4 aromatic carbocycles. The molecule has 236 valence electrons. The number of sulfonamides is 1. The Labute approximate surface area is 274 Å². The van der Waals surface area contributed by atoms with E-state index in [1.54, 1.807) is 67.6 Å². The summed E-state index contributed by atoms with van der Waals surface area (Å²) in [5.41, 5.74) is 1.51. The second-order valence-electron chi connectivity index (χ2n) is 10.1. The number of ether oxygens (including phenoxy) is 1. The summed E-state index contributed by atoms with van der Waals surface area (Å²) >= 11 is 13.1. The lowest BCUT2D eigenvalue weighted by atomic mass is 10.0. The first kappa shape index (κ1) is 33.8. The van der Waals surface area contributed by atoms with Gasteiger partial charge in [-0.15, -0.1) is 0 Å². The van der Waals surface area contributed by atoms with Gasteiger partial charge in [-0.3, -0.25) is 13.9 Å². The Hall–Kier alpha value is -4.05. The Morgan fingerprint density at radius 3 is 2.00 bits per heavy atom. The maximum atomic E-state index is 14.5. The fraction of sp³-hybridized carbons (Fsp3) is 0.235. The van der Waals surface area contributed by atoms with E-state index in [4.69, 9.17) is 27.9 Å². The molecule has 45 heavy (non-hydrogen) atoms. The summed E-state index contributed by atoms with van der Waals surface area (Å²) in [5, 5.41) is 3.46. The van der Waals surface area contributed by atoms with E-state index in [1.165, 1.54) is 17.0 Å². The number of rotatable bonds is 14. The van der Waals surface area contributed by atoms with Crippen molar-refractivity contribution in [3.05, 3.63) is 124 Å². The van der Waals surface area contributed by atoms with Gasteiger partial charge in [0.25, 0.3) is 10.0 Å². The Balaban J connectivity index is 1.82. The second kappa shape index (κ2) is 15.8. The van der Waals surface area contributed by atoms with Gasteiger partial charge >= 0.3 is 0 Å². The maximum Gasteiger partial charge on any atom is 0.264 e. The Bertz CT molecular complexity index is 1670. The van der Waals surface area contributed by atoms with Crippen LogP contribution in [0.15, 0.2) is 108 Å². The third kappa shape index (κ3) is 8.57. The highest BCUT2D eigenvalue weighted by Crippen LogP contribution is 2.29. The van der Waals surface area contributed by atoms with Gasteiger partial charge in [0, 0.05) is 35.1 Å². The zero-order valence-electron chi connectivity index (χ0n) is 25.0. The van der Waals surface area contributed by atoms with Crippen molar-refractivity contribution in [2.45, 2.75) is 37.8 Å². The number of halogens is 2. The van der Waals surface area contributed by atoms with Crippen LogP contribution in [0.3, 0.4) is 0 Å². The molecule has 0 aliphatic rings. The Morgan fingerprint density at radius 1 is 0.822 bits per heavy atom. The second-order valence-corrected chi connectivity index (χ2v) is 12.8. The van der Waals surface area contributed by atoms with Crippen molar-refractivity contribution in [3.8, 4) is 5.75 Å². The summed E-state index contributed by atoms with van der Waals surface area (Å²) in [7, 11) is -4.22. The normalized spacial score (nSPS) is 11.8. The van der Waals surface area contributed by atoms with E-state index in [9.17, 15) is 18.0 Å². The quantitative estimate of drug-likeness (QED) is 0.169. The predicted octanol–water partition coefficient (Wildman–Crippen LogP) is 6.36. The molecule has 0 aliphatic carbocycles. The highest BCUT2D eigenvalue weighted by Gasteiger charge is 2.35. The van der Waals surface area contributed by atoms with E-state index in [2.05, 4.69) is 5.32 Å². The maximum absolute atomic E-state index is 14.5. The van der Waals surface area contributed by atoms with Gasteiger partial charge in [-0.1, -0.05) is 77.8 Å². The monoisotopic (exact) mass is 667 g/mol. The third-order valence-corrected chi connectivity index (χ3v) is 9.55. The molecule has 1 N–H and O–H groups in total. The van der Waals surface area contributed by atoms with Crippen LogP contribution in [0.4, 0.5) is 5.69 Å². The number of nitrogens with zero attached hydrogens (tertiary/aromatic N) is 2. The summed E-state index contributed by atoms with van der Waals surface area (Å²) < 4.78 is 34.7. The number of likely N-dealkylation sites (N-methyl/N-ethyl adjacent to an activating group) is 1. The van der Waals surface area contributed by atoms with Crippen molar-refractivity contribution in [2.75, 3.05) is 24.0 Å². The molecule has 4 rings (SSSR count). The molecule has 0 spiro atoms. The molecule has 0 heterocycles. The van der Waals surface area contributed by atoms with E-state index in [-0.39, 0.29) is 23.5 Å². The van der Waals surface area contributed by atoms with Gasteiger partial charge in [0.05, 0.1) is 17.2 Å². The topological polar surface area (TPSA) is 96.0 Å². The number of nitrogens with one attached hydrogen (secondary N) is 1. The van der Waals surface area contributed by atoms with Gasteiger partial charge in [0.1, 0.15) is 18.3 Å². The van der Waals surface area contributed by atoms with Gasteiger partial charge in [0.2, 0.25) is 11.8 Å². The highest BCUT2D eigenvalue weighted by atomic mass is 35.5. The van der Waals surface area contributed by atoms with Crippen molar-refractivity contribution in [2.24, 2.45) is 0 Å². The van der Waals surface area contributed by atoms with Gasteiger partial charge in [-0.25, -0.2) is 8.42 Å². The lowest BCUT2D eigenvalue weighted by Gasteiger charge is -2.34. The van der Waals surface area contributed by atoms with Crippen LogP contribution >= 0.6 is 23.2 Å². The number of hydrogen-bond donors (Lipinski definition) is 1. The SMILES string of the molecule is CCNC(=O)[C@H](Cc1ccccc1)N(Cc1c(Cl)cccc1Cl)C(=O)CN(c1ccc(OCC)cc1)S(=O)(=O)c1ccccc1. The van der Waals surface area contributed by atoms with Crippen molar-refractivity contribution < 1.29 is 22.7 Å². The van der Waals surface area contributed by atoms with E-state index in [0.29, 0.717) is 34.5 Å². The molecule has 0 unspecified atom stereocenters. The Kier molecular flexibility index (Phi) is 11.9. The minimum Gasteiger partial charge on any atom is -0.494 e. The number of benzene rings is 4. The summed E-state index contributed by atoms with van der Waals surface area (Å²) in [6.07, 6.45) is 0.176. The van der Waals surface area contributed by atoms with Crippen LogP contribution in [0.5, 0.6) is 5.75 Å². The van der Waals surface area contributed by atoms with Crippen LogP contribution in [-0.4, -0.2) is 50.9 Å².